The van der Waals surface area contributed by atoms with E-state index in [1.807, 2.05) is 6.92 Å². The number of nitrogens with one attached hydrogen (secondary N) is 1. The third kappa shape index (κ3) is 4.02. The Kier molecular flexibility index (Phi) is 5.52. The fraction of sp³-hybridized carbons (Fsp3) is 0.167. The van der Waals surface area contributed by atoms with Gasteiger partial charge in [0.05, 0.1) is 11.3 Å². The number of rotatable bonds is 6. The molecule has 2 aromatic carbocycles. The Bertz CT molecular complexity index is 929. The minimum absolute atomic E-state index is 0.0794. The van der Waals surface area contributed by atoms with Crippen molar-refractivity contribution in [3.05, 3.63) is 54.3 Å². The number of anilines is 1. The second-order valence-corrected chi connectivity index (χ2v) is 6.36. The number of amides is 1. The summed E-state index contributed by atoms with van der Waals surface area (Å²) in [6.45, 7) is 2.46. The van der Waals surface area contributed by atoms with Crippen LogP contribution in [0.3, 0.4) is 0 Å². The normalized spacial score (nSPS) is 10.7. The van der Waals surface area contributed by atoms with Crippen molar-refractivity contribution in [1.29, 1.82) is 0 Å². The van der Waals surface area contributed by atoms with Crippen molar-refractivity contribution in [2.45, 2.75) is 18.6 Å². The van der Waals surface area contributed by atoms with Crippen molar-refractivity contribution >= 4 is 23.4 Å². The van der Waals surface area contributed by atoms with Crippen LogP contribution in [-0.4, -0.2) is 31.5 Å². The zero-order valence-corrected chi connectivity index (χ0v) is 14.8. The van der Waals surface area contributed by atoms with Gasteiger partial charge in [0.2, 0.25) is 5.91 Å². The Morgan fingerprint density at radius 1 is 1.23 bits per heavy atom. The first kappa shape index (κ1) is 17.9. The Hall–Kier alpha value is -2.87. The summed E-state index contributed by atoms with van der Waals surface area (Å²) in [6.07, 6.45) is 0. The van der Waals surface area contributed by atoms with E-state index in [0.717, 1.165) is 0 Å². The predicted octanol–water partition coefficient (Wildman–Crippen LogP) is 3.54. The molecule has 3 aromatic rings. The summed E-state index contributed by atoms with van der Waals surface area (Å²) in [5, 5.41) is 20.8. The third-order valence-electron chi connectivity index (χ3n) is 3.61. The molecule has 0 saturated heterocycles. The molecule has 0 bridgehead atoms. The van der Waals surface area contributed by atoms with E-state index in [1.165, 1.54) is 30.0 Å². The largest absolute Gasteiger partial charge is 0.508 e. The summed E-state index contributed by atoms with van der Waals surface area (Å²) in [5.41, 5.74) is 0.887. The number of halogens is 1. The van der Waals surface area contributed by atoms with Crippen molar-refractivity contribution in [3.8, 4) is 17.1 Å². The molecule has 1 aromatic heterocycles. The summed E-state index contributed by atoms with van der Waals surface area (Å²) in [4.78, 5) is 12.1. The van der Waals surface area contributed by atoms with Crippen LogP contribution in [0.5, 0.6) is 5.75 Å². The molecule has 0 aliphatic rings. The van der Waals surface area contributed by atoms with Gasteiger partial charge in [-0.3, -0.25) is 4.79 Å². The number of carbonyl (C=O) groups is 1. The van der Waals surface area contributed by atoms with Gasteiger partial charge in [-0.25, -0.2) is 4.39 Å². The van der Waals surface area contributed by atoms with Gasteiger partial charge >= 0.3 is 0 Å². The molecule has 0 aliphatic heterocycles. The summed E-state index contributed by atoms with van der Waals surface area (Å²) in [5.74, 6) is 0.0223. The van der Waals surface area contributed by atoms with Crippen LogP contribution in [0.1, 0.15) is 6.92 Å². The fourth-order valence-electron chi connectivity index (χ4n) is 2.43. The maximum Gasteiger partial charge on any atom is 0.234 e. The molecule has 26 heavy (non-hydrogen) atoms. The van der Waals surface area contributed by atoms with Crippen LogP contribution < -0.4 is 5.32 Å². The van der Waals surface area contributed by atoms with Gasteiger partial charge in [-0.05, 0) is 31.2 Å². The van der Waals surface area contributed by atoms with Crippen LogP contribution in [0, 0.1) is 5.82 Å². The van der Waals surface area contributed by atoms with E-state index in [9.17, 15) is 14.3 Å². The van der Waals surface area contributed by atoms with Crippen molar-refractivity contribution in [2.24, 2.45) is 0 Å². The monoisotopic (exact) mass is 372 g/mol. The predicted molar refractivity (Wildman–Crippen MR) is 98.6 cm³/mol. The van der Waals surface area contributed by atoms with E-state index in [0.29, 0.717) is 28.8 Å². The minimum Gasteiger partial charge on any atom is -0.508 e. The van der Waals surface area contributed by atoms with Crippen LogP contribution in [-0.2, 0) is 11.3 Å². The molecule has 0 atom stereocenters. The molecule has 6 nitrogen and oxygen atoms in total. The molecular formula is C18H17FN4O2S. The average molecular weight is 372 g/mol. The summed E-state index contributed by atoms with van der Waals surface area (Å²) < 4.78 is 15.8. The molecule has 134 valence electrons. The molecule has 0 saturated carbocycles. The number of nitrogens with zero attached hydrogens (tertiary/aromatic N) is 3. The van der Waals surface area contributed by atoms with Gasteiger partial charge in [-0.2, -0.15) is 0 Å². The van der Waals surface area contributed by atoms with Crippen molar-refractivity contribution in [3.63, 3.8) is 0 Å². The van der Waals surface area contributed by atoms with Gasteiger partial charge in [0.1, 0.15) is 11.6 Å². The lowest BCUT2D eigenvalue weighted by Crippen LogP contribution is -2.14. The van der Waals surface area contributed by atoms with Gasteiger partial charge in [-0.1, -0.05) is 30.0 Å². The highest BCUT2D eigenvalue weighted by Crippen LogP contribution is 2.26. The van der Waals surface area contributed by atoms with Gasteiger partial charge < -0.3 is 15.0 Å². The number of thioether (sulfide) groups is 1. The highest BCUT2D eigenvalue weighted by atomic mass is 32.2. The molecule has 2 N–H and O–H groups in total. The first-order valence-electron chi connectivity index (χ1n) is 7.98. The van der Waals surface area contributed by atoms with Gasteiger partial charge in [0.25, 0.3) is 0 Å². The lowest BCUT2D eigenvalue weighted by atomic mass is 10.2. The first-order valence-corrected chi connectivity index (χ1v) is 8.97. The third-order valence-corrected chi connectivity index (χ3v) is 4.58. The Balaban J connectivity index is 1.71. The molecule has 1 amide bonds. The van der Waals surface area contributed by atoms with E-state index in [1.54, 1.807) is 34.9 Å². The molecule has 1 heterocycles. The van der Waals surface area contributed by atoms with E-state index in [4.69, 9.17) is 0 Å². The first-order chi connectivity index (χ1) is 12.6. The lowest BCUT2D eigenvalue weighted by Gasteiger charge is -2.08. The highest BCUT2D eigenvalue weighted by molar-refractivity contribution is 7.99. The standard InChI is InChI=1S/C18H17FN4O2S/c1-2-23-17(14-8-3-4-9-15(14)19)21-22-18(23)26-11-16(25)20-12-6-5-7-13(24)10-12/h3-10,24H,2,11H2,1H3,(H,20,25). The second kappa shape index (κ2) is 8.01. The number of phenols is 1. The molecule has 3 rings (SSSR count). The lowest BCUT2D eigenvalue weighted by molar-refractivity contribution is -0.113. The SMILES string of the molecule is CCn1c(SCC(=O)Nc2cccc(O)c2)nnc1-c1ccccc1F. The summed E-state index contributed by atoms with van der Waals surface area (Å²) in [7, 11) is 0. The number of hydrogen-bond acceptors (Lipinski definition) is 5. The smallest absolute Gasteiger partial charge is 0.234 e. The molecule has 8 heteroatoms. The van der Waals surface area contributed by atoms with E-state index < -0.39 is 0 Å². The topological polar surface area (TPSA) is 80.0 Å². The van der Waals surface area contributed by atoms with E-state index in [-0.39, 0.29) is 23.2 Å². The van der Waals surface area contributed by atoms with Crippen LogP contribution in [0.15, 0.2) is 53.7 Å². The van der Waals surface area contributed by atoms with Crippen LogP contribution >= 0.6 is 11.8 Å². The average Bonchev–Trinajstić information content (AvgIpc) is 3.03. The summed E-state index contributed by atoms with van der Waals surface area (Å²) in [6, 6.07) is 12.7. The van der Waals surface area contributed by atoms with Gasteiger partial charge in [-0.15, -0.1) is 10.2 Å². The number of carbonyl (C=O) groups excluding carboxylic acids is 1. The highest BCUT2D eigenvalue weighted by Gasteiger charge is 2.17. The Morgan fingerprint density at radius 3 is 2.77 bits per heavy atom. The molecule has 0 radical (unpaired) electrons. The number of hydrogen-bond donors (Lipinski definition) is 2. The molecule has 0 spiro atoms. The van der Waals surface area contributed by atoms with Gasteiger partial charge in [0, 0.05) is 18.3 Å². The maximum atomic E-state index is 14.0. The van der Waals surface area contributed by atoms with Crippen LogP contribution in [0.4, 0.5) is 10.1 Å². The molecule has 0 fully saturated rings. The summed E-state index contributed by atoms with van der Waals surface area (Å²) >= 11 is 1.22. The maximum absolute atomic E-state index is 14.0. The Morgan fingerprint density at radius 2 is 2.04 bits per heavy atom. The second-order valence-electron chi connectivity index (χ2n) is 5.42. The number of phenolic OH excluding ortho intramolecular Hbond substituents is 1. The van der Waals surface area contributed by atoms with E-state index in [2.05, 4.69) is 15.5 Å². The fourth-order valence-corrected chi connectivity index (χ4v) is 3.24. The van der Waals surface area contributed by atoms with Crippen LogP contribution in [0.2, 0.25) is 0 Å². The van der Waals surface area contributed by atoms with Crippen molar-refractivity contribution < 1.29 is 14.3 Å². The van der Waals surface area contributed by atoms with Crippen molar-refractivity contribution in [1.82, 2.24) is 14.8 Å². The minimum atomic E-state index is -0.368. The number of aromatic hydroxyl groups is 1. The number of benzene rings is 2. The Labute approximate surface area is 154 Å². The van der Waals surface area contributed by atoms with Gasteiger partial charge in [0.15, 0.2) is 11.0 Å². The molecule has 0 aliphatic carbocycles. The van der Waals surface area contributed by atoms with Crippen molar-refractivity contribution in [2.75, 3.05) is 11.1 Å². The number of aromatic nitrogens is 3. The quantitative estimate of drug-likeness (QED) is 0.647. The zero-order valence-electron chi connectivity index (χ0n) is 14.0. The zero-order chi connectivity index (χ0) is 18.5. The van der Waals surface area contributed by atoms with E-state index >= 15 is 0 Å². The molecular weight excluding hydrogens is 355 g/mol. The molecule has 0 unspecified atom stereocenters. The van der Waals surface area contributed by atoms with Crippen LogP contribution in [0.25, 0.3) is 11.4 Å².